The molecule has 10 nitrogen and oxygen atoms in total. The van der Waals surface area contributed by atoms with Gasteiger partial charge in [0.15, 0.2) is 11.5 Å². The van der Waals surface area contributed by atoms with Crippen LogP contribution in [-0.2, 0) is 29.1 Å². The Kier molecular flexibility index (Phi) is 9.17. The van der Waals surface area contributed by atoms with E-state index in [0.717, 1.165) is 12.1 Å². The van der Waals surface area contributed by atoms with Crippen molar-refractivity contribution in [3.63, 3.8) is 0 Å². The minimum absolute atomic E-state index is 0.166. The van der Waals surface area contributed by atoms with Crippen LogP contribution in [0.2, 0.25) is 0 Å². The number of carbonyl (C=O) groups is 2. The molecular formula is C17H18F2NO9S-. The van der Waals surface area contributed by atoms with Crippen molar-refractivity contribution in [1.82, 2.24) is 0 Å². The van der Waals surface area contributed by atoms with Crippen LogP contribution >= 0.6 is 0 Å². The zero-order valence-electron chi connectivity index (χ0n) is 15.7. The number of rotatable bonds is 11. The molecule has 0 aliphatic carbocycles. The molecule has 30 heavy (non-hydrogen) atoms. The molecule has 0 saturated heterocycles. The van der Waals surface area contributed by atoms with Crippen LogP contribution in [0.15, 0.2) is 39.6 Å². The summed E-state index contributed by atoms with van der Waals surface area (Å²) in [7, 11) is -4.56. The van der Waals surface area contributed by atoms with E-state index in [-0.39, 0.29) is 18.8 Å². The van der Waals surface area contributed by atoms with Gasteiger partial charge in [0.05, 0.1) is 4.90 Å². The van der Waals surface area contributed by atoms with Crippen LogP contribution in [0.25, 0.3) is 0 Å². The van der Waals surface area contributed by atoms with Crippen molar-refractivity contribution in [3.8, 4) is 11.5 Å². The first-order valence-corrected chi connectivity index (χ1v) is 9.63. The number of nitrogens with zero attached hydrogens (tertiary/aromatic N) is 1. The molecule has 0 aliphatic rings. The summed E-state index contributed by atoms with van der Waals surface area (Å²) in [6.45, 7) is 1.07. The lowest BCUT2D eigenvalue weighted by Gasteiger charge is -2.11. The maximum absolute atomic E-state index is 12.1. The minimum atomic E-state index is -4.56. The molecule has 1 rings (SSSR count). The topological polar surface area (TPSA) is 152 Å². The van der Waals surface area contributed by atoms with Crippen molar-refractivity contribution in [1.29, 1.82) is 0 Å². The third-order valence-corrected chi connectivity index (χ3v) is 4.43. The molecule has 0 atom stereocenters. The Balaban J connectivity index is 2.60. The SMILES string of the molecule is C=C(C)C(=O)OCCOC(=O)CC/C([O-])=N/S(=O)(=O)c1ccc(OC(F)F)c(O)c1. The van der Waals surface area contributed by atoms with Crippen LogP contribution in [0, 0.1) is 0 Å². The van der Waals surface area contributed by atoms with Gasteiger partial charge in [-0.15, -0.1) is 0 Å². The van der Waals surface area contributed by atoms with E-state index in [1.807, 2.05) is 0 Å². The molecule has 0 saturated carbocycles. The van der Waals surface area contributed by atoms with Gasteiger partial charge >= 0.3 is 18.6 Å². The fraction of sp³-hybridized carbons (Fsp3) is 0.353. The van der Waals surface area contributed by atoms with Gasteiger partial charge in [0.2, 0.25) is 0 Å². The van der Waals surface area contributed by atoms with Crippen molar-refractivity contribution in [2.45, 2.75) is 31.3 Å². The lowest BCUT2D eigenvalue weighted by atomic mass is 10.3. The Morgan fingerprint density at radius 1 is 1.23 bits per heavy atom. The first kappa shape index (κ1) is 24.8. The van der Waals surface area contributed by atoms with Gasteiger partial charge in [0.25, 0.3) is 10.0 Å². The summed E-state index contributed by atoms with van der Waals surface area (Å²) in [5.74, 6) is -4.24. The van der Waals surface area contributed by atoms with Gasteiger partial charge in [-0.1, -0.05) is 6.58 Å². The largest absolute Gasteiger partial charge is 0.861 e. The summed E-state index contributed by atoms with van der Waals surface area (Å²) in [5.41, 5.74) is 0.166. The molecule has 0 aliphatic heterocycles. The van der Waals surface area contributed by atoms with Gasteiger partial charge < -0.3 is 24.4 Å². The lowest BCUT2D eigenvalue weighted by Crippen LogP contribution is -2.22. The zero-order valence-corrected chi connectivity index (χ0v) is 16.5. The smallest absolute Gasteiger partial charge is 0.387 e. The van der Waals surface area contributed by atoms with Gasteiger partial charge in [-0.05, 0) is 31.4 Å². The minimum Gasteiger partial charge on any atom is -0.861 e. The summed E-state index contributed by atoms with van der Waals surface area (Å²) in [6, 6.07) is 2.17. The number of aromatic hydroxyl groups is 1. The molecule has 0 radical (unpaired) electrons. The van der Waals surface area contributed by atoms with Crippen LogP contribution < -0.4 is 9.84 Å². The summed E-state index contributed by atoms with van der Waals surface area (Å²) < 4.78 is 64.7. The Hall–Kier alpha value is -3.22. The molecule has 0 amide bonds. The van der Waals surface area contributed by atoms with Crippen molar-refractivity contribution < 1.29 is 51.2 Å². The third kappa shape index (κ3) is 8.43. The highest BCUT2D eigenvalue weighted by Gasteiger charge is 2.17. The number of phenolic OH excluding ortho intramolecular Hbond substituents is 1. The van der Waals surface area contributed by atoms with Crippen LogP contribution in [0.5, 0.6) is 11.5 Å². The number of phenols is 1. The summed E-state index contributed by atoms with van der Waals surface area (Å²) in [5, 5.41) is 21.2. The Morgan fingerprint density at radius 3 is 2.43 bits per heavy atom. The zero-order chi connectivity index (χ0) is 22.9. The molecule has 1 N–H and O–H groups in total. The fourth-order valence-electron chi connectivity index (χ4n) is 1.78. The average Bonchev–Trinajstić information content (AvgIpc) is 2.64. The molecule has 13 heteroatoms. The standard InChI is InChI=1S/C17H19F2NO9S/c1-10(2)16(24)28-8-7-27-15(23)6-5-14(22)20-30(25,26)11-3-4-13(12(21)9-11)29-17(18)19/h3-4,9,17,21H,1,5-8H2,2H3,(H,20,22)/p-1. The highest BCUT2D eigenvalue weighted by molar-refractivity contribution is 7.90. The quantitative estimate of drug-likeness (QED) is 0.170. The second kappa shape index (κ2) is 11.1. The number of hydrogen-bond acceptors (Lipinski definition) is 9. The van der Waals surface area contributed by atoms with Crippen LogP contribution in [0.4, 0.5) is 8.78 Å². The number of sulfonamides is 1. The highest BCUT2D eigenvalue weighted by atomic mass is 32.2. The number of ether oxygens (including phenoxy) is 3. The molecule has 1 aromatic rings. The number of alkyl halides is 2. The van der Waals surface area contributed by atoms with Crippen LogP contribution in [0.1, 0.15) is 19.8 Å². The summed E-state index contributed by atoms with van der Waals surface area (Å²) in [4.78, 5) is 22.0. The van der Waals surface area contributed by atoms with E-state index in [1.54, 1.807) is 0 Å². The van der Waals surface area contributed by atoms with Crippen molar-refractivity contribution >= 4 is 27.9 Å². The third-order valence-electron chi connectivity index (χ3n) is 3.14. The van der Waals surface area contributed by atoms with Crippen molar-refractivity contribution in [2.24, 2.45) is 4.40 Å². The number of benzene rings is 1. The number of carbonyl (C=O) groups excluding carboxylic acids is 2. The molecule has 1 aromatic carbocycles. The van der Waals surface area contributed by atoms with E-state index in [2.05, 4.69) is 20.5 Å². The first-order valence-electron chi connectivity index (χ1n) is 8.19. The van der Waals surface area contributed by atoms with E-state index in [9.17, 15) is 37.0 Å². The molecule has 0 spiro atoms. The average molecular weight is 450 g/mol. The van der Waals surface area contributed by atoms with Gasteiger partial charge in [0, 0.05) is 18.1 Å². The summed E-state index contributed by atoms with van der Waals surface area (Å²) in [6.07, 6.45) is -1.08. The predicted molar refractivity (Wildman–Crippen MR) is 95.3 cm³/mol. The van der Waals surface area contributed by atoms with Gasteiger partial charge in [-0.3, -0.25) is 4.79 Å². The van der Waals surface area contributed by atoms with E-state index < -0.39 is 63.7 Å². The maximum atomic E-state index is 12.1. The molecular weight excluding hydrogens is 432 g/mol. The summed E-state index contributed by atoms with van der Waals surface area (Å²) >= 11 is 0. The fourth-order valence-corrected chi connectivity index (χ4v) is 2.75. The molecule has 0 unspecified atom stereocenters. The number of halogens is 2. The molecule has 166 valence electrons. The second-order valence-corrected chi connectivity index (χ2v) is 7.21. The second-order valence-electron chi connectivity index (χ2n) is 5.60. The van der Waals surface area contributed by atoms with Crippen LogP contribution in [0.3, 0.4) is 0 Å². The number of hydrogen-bond donors (Lipinski definition) is 1. The van der Waals surface area contributed by atoms with E-state index in [1.165, 1.54) is 6.92 Å². The van der Waals surface area contributed by atoms with Gasteiger partial charge in [-0.25, -0.2) is 4.79 Å². The Morgan fingerprint density at radius 2 is 1.87 bits per heavy atom. The van der Waals surface area contributed by atoms with Gasteiger partial charge in [0.1, 0.15) is 13.2 Å². The lowest BCUT2D eigenvalue weighted by molar-refractivity contribution is -0.218. The molecule has 0 heterocycles. The highest BCUT2D eigenvalue weighted by Crippen LogP contribution is 2.30. The Labute approximate surface area is 170 Å². The maximum Gasteiger partial charge on any atom is 0.387 e. The number of esters is 2. The first-order chi connectivity index (χ1) is 13.9. The molecule has 0 bridgehead atoms. The van der Waals surface area contributed by atoms with Gasteiger partial charge in [-0.2, -0.15) is 21.6 Å². The van der Waals surface area contributed by atoms with E-state index in [0.29, 0.717) is 6.07 Å². The van der Waals surface area contributed by atoms with Crippen LogP contribution in [-0.4, -0.2) is 51.2 Å². The van der Waals surface area contributed by atoms with Crippen molar-refractivity contribution in [2.75, 3.05) is 13.2 Å². The molecule has 0 aromatic heterocycles. The Bertz CT molecular complexity index is 929. The normalized spacial score (nSPS) is 11.8. The van der Waals surface area contributed by atoms with E-state index >= 15 is 0 Å². The van der Waals surface area contributed by atoms with Crippen molar-refractivity contribution in [3.05, 3.63) is 30.4 Å². The molecule has 0 fully saturated rings. The predicted octanol–water partition coefficient (Wildman–Crippen LogP) is 0.884. The van der Waals surface area contributed by atoms with E-state index in [4.69, 9.17) is 4.74 Å². The monoisotopic (exact) mass is 450 g/mol.